The standard InChI is InChI=1S/C22H26N2O2S2/c1-16-19-18(8-5-9-22(19)27-14-15-28-22)26-20(16)21(25)24-12-10-23(11-13-24)17-6-3-2-4-7-17/h2-4,6-7H,5,8-15H2,1H3. The minimum Gasteiger partial charge on any atom is -0.455 e. The molecule has 1 spiro atoms. The van der Waals surface area contributed by atoms with Gasteiger partial charge in [0.05, 0.1) is 4.08 Å². The summed E-state index contributed by atoms with van der Waals surface area (Å²) in [6.07, 6.45) is 3.32. The van der Waals surface area contributed by atoms with Gasteiger partial charge in [-0.1, -0.05) is 18.2 Å². The number of amides is 1. The van der Waals surface area contributed by atoms with Gasteiger partial charge in [0.2, 0.25) is 0 Å². The topological polar surface area (TPSA) is 36.7 Å². The average Bonchev–Trinajstić information content (AvgIpc) is 3.34. The first-order chi connectivity index (χ1) is 13.7. The quantitative estimate of drug-likeness (QED) is 0.722. The van der Waals surface area contributed by atoms with Gasteiger partial charge in [-0.25, -0.2) is 0 Å². The van der Waals surface area contributed by atoms with Gasteiger partial charge in [0.25, 0.3) is 5.91 Å². The molecule has 2 aromatic rings. The molecule has 3 aliphatic rings. The van der Waals surface area contributed by atoms with Crippen LogP contribution in [0.25, 0.3) is 0 Å². The molecule has 5 rings (SSSR count). The zero-order chi connectivity index (χ0) is 19.1. The third-order valence-electron chi connectivity index (χ3n) is 6.15. The van der Waals surface area contributed by atoms with Crippen LogP contribution in [0.5, 0.6) is 0 Å². The fourth-order valence-electron chi connectivity index (χ4n) is 4.75. The first-order valence-corrected chi connectivity index (χ1v) is 12.1. The van der Waals surface area contributed by atoms with E-state index < -0.39 is 0 Å². The number of anilines is 1. The van der Waals surface area contributed by atoms with Gasteiger partial charge < -0.3 is 14.2 Å². The van der Waals surface area contributed by atoms with Gasteiger partial charge >= 0.3 is 0 Å². The zero-order valence-electron chi connectivity index (χ0n) is 16.3. The largest absolute Gasteiger partial charge is 0.455 e. The highest BCUT2D eigenvalue weighted by atomic mass is 32.2. The van der Waals surface area contributed by atoms with E-state index in [1.54, 1.807) is 0 Å². The van der Waals surface area contributed by atoms with Crippen LogP contribution in [0.15, 0.2) is 34.7 Å². The van der Waals surface area contributed by atoms with Crippen LogP contribution in [0, 0.1) is 6.92 Å². The summed E-state index contributed by atoms with van der Waals surface area (Å²) in [5, 5.41) is 0. The molecule has 3 heterocycles. The van der Waals surface area contributed by atoms with Gasteiger partial charge in [-0.3, -0.25) is 4.79 Å². The monoisotopic (exact) mass is 414 g/mol. The van der Waals surface area contributed by atoms with E-state index in [0.29, 0.717) is 5.76 Å². The first kappa shape index (κ1) is 18.5. The number of hydrogen-bond acceptors (Lipinski definition) is 5. The molecular formula is C22H26N2O2S2. The fourth-order valence-corrected chi connectivity index (χ4v) is 8.31. The van der Waals surface area contributed by atoms with Crippen molar-refractivity contribution >= 4 is 35.1 Å². The number of carbonyl (C=O) groups excluding carboxylic acids is 1. The molecule has 0 bridgehead atoms. The molecule has 1 aromatic heterocycles. The maximum atomic E-state index is 13.3. The van der Waals surface area contributed by atoms with E-state index in [9.17, 15) is 4.79 Å². The van der Waals surface area contributed by atoms with Crippen LogP contribution in [0.2, 0.25) is 0 Å². The number of aryl methyl sites for hydroxylation is 1. The molecule has 0 radical (unpaired) electrons. The van der Waals surface area contributed by atoms with Crippen LogP contribution >= 0.6 is 23.5 Å². The smallest absolute Gasteiger partial charge is 0.289 e. The van der Waals surface area contributed by atoms with Gasteiger partial charge in [-0.15, -0.1) is 23.5 Å². The number of fused-ring (bicyclic) bond motifs is 2. The minimum absolute atomic E-state index is 0.0720. The Kier molecular flexibility index (Phi) is 4.87. The van der Waals surface area contributed by atoms with Crippen LogP contribution in [0.4, 0.5) is 5.69 Å². The van der Waals surface area contributed by atoms with Crippen molar-refractivity contribution in [1.29, 1.82) is 0 Å². The summed E-state index contributed by atoms with van der Waals surface area (Å²) >= 11 is 4.10. The average molecular weight is 415 g/mol. The summed E-state index contributed by atoms with van der Waals surface area (Å²) < 4.78 is 6.35. The van der Waals surface area contributed by atoms with Crippen LogP contribution in [0.3, 0.4) is 0 Å². The number of carbonyl (C=O) groups is 1. The van der Waals surface area contributed by atoms with E-state index >= 15 is 0 Å². The predicted octanol–water partition coefficient (Wildman–Crippen LogP) is 4.52. The molecule has 1 aliphatic carbocycles. The maximum absolute atomic E-state index is 13.3. The van der Waals surface area contributed by atoms with Crippen molar-refractivity contribution in [3.63, 3.8) is 0 Å². The normalized spacial score (nSPS) is 21.2. The molecule has 4 nitrogen and oxygen atoms in total. The summed E-state index contributed by atoms with van der Waals surface area (Å²) in [5.41, 5.74) is 3.65. The minimum atomic E-state index is 0.0720. The van der Waals surface area contributed by atoms with Gasteiger partial charge in [0, 0.05) is 60.9 Å². The molecule has 1 amide bonds. The summed E-state index contributed by atoms with van der Waals surface area (Å²) in [7, 11) is 0. The van der Waals surface area contributed by atoms with E-state index in [2.05, 4.69) is 59.6 Å². The van der Waals surface area contributed by atoms with E-state index in [1.165, 1.54) is 29.2 Å². The van der Waals surface area contributed by atoms with Gasteiger partial charge in [0.15, 0.2) is 5.76 Å². The van der Waals surface area contributed by atoms with Crippen LogP contribution < -0.4 is 4.90 Å². The summed E-state index contributed by atoms with van der Waals surface area (Å²) in [6, 6.07) is 10.5. The second-order valence-corrected chi connectivity index (χ2v) is 10.8. The number of thioether (sulfide) groups is 2. The third-order valence-corrected chi connectivity index (χ3v) is 9.68. The van der Waals surface area contributed by atoms with Gasteiger partial charge in [-0.05, 0) is 31.9 Å². The molecule has 0 unspecified atom stereocenters. The number of hydrogen-bond donors (Lipinski definition) is 0. The Labute approximate surface area is 175 Å². The molecule has 6 heteroatoms. The summed E-state index contributed by atoms with van der Waals surface area (Å²) in [4.78, 5) is 17.6. The van der Waals surface area contributed by atoms with Gasteiger partial charge in [-0.2, -0.15) is 0 Å². The lowest BCUT2D eigenvalue weighted by Crippen LogP contribution is -2.48. The molecule has 148 valence electrons. The Hall–Kier alpha value is -1.53. The van der Waals surface area contributed by atoms with E-state index in [1.807, 2.05) is 11.0 Å². The number of piperazine rings is 1. The Morgan fingerprint density at radius 1 is 1.07 bits per heavy atom. The molecule has 2 fully saturated rings. The molecule has 2 saturated heterocycles. The van der Waals surface area contributed by atoms with Crippen LogP contribution in [0.1, 0.15) is 40.3 Å². The lowest BCUT2D eigenvalue weighted by atomic mass is 9.94. The maximum Gasteiger partial charge on any atom is 0.289 e. The highest BCUT2D eigenvalue weighted by Gasteiger charge is 2.45. The molecule has 0 N–H and O–H groups in total. The molecule has 0 atom stereocenters. The van der Waals surface area contributed by atoms with Crippen molar-refractivity contribution in [2.24, 2.45) is 0 Å². The zero-order valence-corrected chi connectivity index (χ0v) is 17.9. The Balaban J connectivity index is 1.35. The predicted molar refractivity (Wildman–Crippen MR) is 118 cm³/mol. The van der Waals surface area contributed by atoms with Gasteiger partial charge in [0.1, 0.15) is 5.76 Å². The number of furan rings is 1. The lowest BCUT2D eigenvalue weighted by Gasteiger charge is -2.35. The molecule has 28 heavy (non-hydrogen) atoms. The first-order valence-electron chi connectivity index (χ1n) is 10.2. The van der Waals surface area contributed by atoms with E-state index in [0.717, 1.165) is 50.3 Å². The molecule has 2 aliphatic heterocycles. The Morgan fingerprint density at radius 3 is 2.50 bits per heavy atom. The van der Waals surface area contributed by atoms with E-state index in [-0.39, 0.29) is 9.99 Å². The van der Waals surface area contributed by atoms with Crippen molar-refractivity contribution in [3.8, 4) is 0 Å². The van der Waals surface area contributed by atoms with Crippen molar-refractivity contribution < 1.29 is 9.21 Å². The Morgan fingerprint density at radius 2 is 1.79 bits per heavy atom. The highest BCUT2D eigenvalue weighted by Crippen LogP contribution is 2.59. The van der Waals surface area contributed by atoms with Crippen LogP contribution in [-0.2, 0) is 10.5 Å². The highest BCUT2D eigenvalue weighted by molar-refractivity contribution is 8.20. The molecule has 1 aromatic carbocycles. The Bertz CT molecular complexity index is 866. The fraction of sp³-hybridized carbons (Fsp3) is 0.500. The van der Waals surface area contributed by atoms with Crippen molar-refractivity contribution in [2.75, 3.05) is 42.6 Å². The number of rotatable bonds is 2. The third kappa shape index (κ3) is 3.05. The number of nitrogens with zero attached hydrogens (tertiary/aromatic N) is 2. The number of para-hydroxylation sites is 1. The summed E-state index contributed by atoms with van der Waals surface area (Å²) in [5.74, 6) is 4.12. The van der Waals surface area contributed by atoms with Crippen molar-refractivity contribution in [1.82, 2.24) is 4.90 Å². The van der Waals surface area contributed by atoms with Crippen molar-refractivity contribution in [2.45, 2.75) is 30.3 Å². The summed E-state index contributed by atoms with van der Waals surface area (Å²) in [6.45, 7) is 5.32. The molecule has 0 saturated carbocycles. The van der Waals surface area contributed by atoms with Crippen LogP contribution in [-0.4, -0.2) is 48.5 Å². The molecular weight excluding hydrogens is 388 g/mol. The lowest BCUT2D eigenvalue weighted by molar-refractivity contribution is 0.0711. The van der Waals surface area contributed by atoms with Crippen molar-refractivity contribution in [3.05, 3.63) is 53.0 Å². The van der Waals surface area contributed by atoms with E-state index in [4.69, 9.17) is 4.42 Å². The SMILES string of the molecule is Cc1c(C(=O)N2CCN(c3ccccc3)CC2)oc2c1C1(CCC2)SCCS1. The second-order valence-electron chi connectivity index (χ2n) is 7.77. The number of benzene rings is 1. The second kappa shape index (κ2) is 7.38.